The number of benzene rings is 1. The van der Waals surface area contributed by atoms with E-state index in [-0.39, 0.29) is 49.2 Å². The molecule has 0 saturated carbocycles. The van der Waals surface area contributed by atoms with Gasteiger partial charge in [-0.05, 0) is 62.4 Å². The fraction of sp³-hybridized carbons (Fsp3) is 0.480. The van der Waals surface area contributed by atoms with Crippen LogP contribution in [0.3, 0.4) is 0 Å². The second-order valence-corrected chi connectivity index (χ2v) is 12.0. The SMILES string of the molecule is CCOC(=O)N1CCN(S(=O)(=O)c2ccc(C(=O)Nc3sc4c(c3C(=O)NC)CCCCC4)cc2)CC1. The molecule has 0 bridgehead atoms. The third kappa shape index (κ3) is 5.81. The molecule has 1 aliphatic heterocycles. The van der Waals surface area contributed by atoms with Gasteiger partial charge in [0, 0.05) is 43.7 Å². The van der Waals surface area contributed by atoms with E-state index in [4.69, 9.17) is 4.74 Å². The van der Waals surface area contributed by atoms with E-state index in [9.17, 15) is 22.8 Å². The number of piperazine rings is 1. The van der Waals surface area contributed by atoms with Crippen LogP contribution in [0.1, 0.15) is 57.3 Å². The van der Waals surface area contributed by atoms with Crippen LogP contribution in [0.4, 0.5) is 9.80 Å². The van der Waals surface area contributed by atoms with Gasteiger partial charge < -0.3 is 20.3 Å². The molecule has 1 fully saturated rings. The fourth-order valence-corrected chi connectivity index (χ4v) is 7.33. The van der Waals surface area contributed by atoms with Gasteiger partial charge in [-0.15, -0.1) is 11.3 Å². The van der Waals surface area contributed by atoms with Crippen molar-refractivity contribution in [2.24, 2.45) is 0 Å². The smallest absolute Gasteiger partial charge is 0.409 e. The summed E-state index contributed by atoms with van der Waals surface area (Å²) in [4.78, 5) is 40.2. The highest BCUT2D eigenvalue weighted by atomic mass is 32.2. The van der Waals surface area contributed by atoms with Crippen molar-refractivity contribution in [3.8, 4) is 0 Å². The monoisotopic (exact) mass is 548 g/mol. The number of hydrogen-bond acceptors (Lipinski definition) is 7. The third-order valence-corrected chi connectivity index (χ3v) is 9.74. The van der Waals surface area contributed by atoms with Crippen molar-refractivity contribution >= 4 is 44.3 Å². The number of ether oxygens (including phenoxy) is 1. The number of rotatable bonds is 6. The summed E-state index contributed by atoms with van der Waals surface area (Å²) >= 11 is 1.44. The highest BCUT2D eigenvalue weighted by molar-refractivity contribution is 7.89. The lowest BCUT2D eigenvalue weighted by Crippen LogP contribution is -2.50. The van der Waals surface area contributed by atoms with Crippen LogP contribution >= 0.6 is 11.3 Å². The number of aryl methyl sites for hydroxylation is 1. The van der Waals surface area contributed by atoms with Crippen molar-refractivity contribution in [3.05, 3.63) is 45.8 Å². The largest absolute Gasteiger partial charge is 0.450 e. The molecule has 4 rings (SSSR count). The Morgan fingerprint density at radius 3 is 2.30 bits per heavy atom. The standard InChI is InChI=1S/C25H32N4O6S2/c1-3-35-25(32)28-13-15-29(16-14-28)37(33,34)18-11-9-17(10-12-18)22(30)27-24-21(23(31)26-2)19-7-5-4-6-8-20(19)36-24/h9-12H,3-8,13-16H2,1-2H3,(H,26,31)(H,27,30). The van der Waals surface area contributed by atoms with Crippen molar-refractivity contribution < 1.29 is 27.5 Å². The quantitative estimate of drug-likeness (QED) is 0.535. The Morgan fingerprint density at radius 2 is 1.65 bits per heavy atom. The number of nitrogens with zero attached hydrogens (tertiary/aromatic N) is 2. The number of sulfonamides is 1. The van der Waals surface area contributed by atoms with Crippen LogP contribution in [0.2, 0.25) is 0 Å². The lowest BCUT2D eigenvalue weighted by atomic mass is 10.0. The molecule has 37 heavy (non-hydrogen) atoms. The zero-order valence-corrected chi connectivity index (χ0v) is 22.7. The van der Waals surface area contributed by atoms with Crippen LogP contribution in [0.5, 0.6) is 0 Å². The second-order valence-electron chi connectivity index (χ2n) is 8.92. The Balaban J connectivity index is 1.46. The molecule has 10 nitrogen and oxygen atoms in total. The molecule has 200 valence electrons. The van der Waals surface area contributed by atoms with Gasteiger partial charge in [0.2, 0.25) is 10.0 Å². The zero-order chi connectivity index (χ0) is 26.6. The topological polar surface area (TPSA) is 125 Å². The van der Waals surface area contributed by atoms with Gasteiger partial charge in [0.1, 0.15) is 5.00 Å². The van der Waals surface area contributed by atoms with Crippen LogP contribution in [0, 0.1) is 0 Å². The van der Waals surface area contributed by atoms with Crippen molar-refractivity contribution in [2.75, 3.05) is 45.2 Å². The van der Waals surface area contributed by atoms with Gasteiger partial charge >= 0.3 is 6.09 Å². The van der Waals surface area contributed by atoms with E-state index < -0.39 is 22.0 Å². The lowest BCUT2D eigenvalue weighted by molar-refractivity contribution is 0.0932. The summed E-state index contributed by atoms with van der Waals surface area (Å²) in [7, 11) is -2.21. The molecule has 0 spiro atoms. The Bertz CT molecular complexity index is 1260. The second kappa shape index (κ2) is 11.6. The molecule has 0 unspecified atom stereocenters. The van der Waals surface area contributed by atoms with Gasteiger partial charge in [-0.2, -0.15) is 4.31 Å². The number of carbonyl (C=O) groups is 3. The normalized spacial score (nSPS) is 16.4. The summed E-state index contributed by atoms with van der Waals surface area (Å²) in [5, 5.41) is 6.08. The number of thiophene rings is 1. The van der Waals surface area contributed by atoms with Crippen LogP contribution in [0.25, 0.3) is 0 Å². The molecular weight excluding hydrogens is 516 g/mol. The summed E-state index contributed by atoms with van der Waals surface area (Å²) < 4.78 is 32.5. The van der Waals surface area contributed by atoms with Crippen molar-refractivity contribution in [1.29, 1.82) is 0 Å². The Hall–Kier alpha value is -2.96. The zero-order valence-electron chi connectivity index (χ0n) is 21.0. The molecular formula is C25H32N4O6S2. The molecule has 1 aromatic heterocycles. The first-order valence-electron chi connectivity index (χ1n) is 12.5. The minimum absolute atomic E-state index is 0.0718. The summed E-state index contributed by atoms with van der Waals surface area (Å²) in [6, 6.07) is 5.75. The minimum Gasteiger partial charge on any atom is -0.450 e. The van der Waals surface area contributed by atoms with E-state index in [1.54, 1.807) is 14.0 Å². The maximum atomic E-state index is 13.1. The molecule has 2 aromatic rings. The highest BCUT2D eigenvalue weighted by Gasteiger charge is 2.31. The third-order valence-electron chi connectivity index (χ3n) is 6.62. The highest BCUT2D eigenvalue weighted by Crippen LogP contribution is 2.37. The summed E-state index contributed by atoms with van der Waals surface area (Å²) in [5.41, 5.74) is 1.83. The number of hydrogen-bond donors (Lipinski definition) is 2. The average molecular weight is 549 g/mol. The van der Waals surface area contributed by atoms with Crippen molar-refractivity contribution in [1.82, 2.24) is 14.5 Å². The Kier molecular flexibility index (Phi) is 8.50. The predicted molar refractivity (Wildman–Crippen MR) is 141 cm³/mol. The maximum Gasteiger partial charge on any atom is 0.409 e. The van der Waals surface area contributed by atoms with Crippen LogP contribution < -0.4 is 10.6 Å². The Labute approximate surface area is 221 Å². The van der Waals surface area contributed by atoms with Gasteiger partial charge in [-0.25, -0.2) is 13.2 Å². The molecule has 2 heterocycles. The van der Waals surface area contributed by atoms with Crippen molar-refractivity contribution in [3.63, 3.8) is 0 Å². The molecule has 2 aliphatic rings. The molecule has 1 aliphatic carbocycles. The average Bonchev–Trinajstić information content (AvgIpc) is 3.08. The van der Waals surface area contributed by atoms with E-state index in [0.717, 1.165) is 42.5 Å². The van der Waals surface area contributed by atoms with Gasteiger partial charge in [0.05, 0.1) is 17.1 Å². The van der Waals surface area contributed by atoms with E-state index in [0.29, 0.717) is 10.6 Å². The van der Waals surface area contributed by atoms with E-state index in [1.807, 2.05) is 0 Å². The number of nitrogens with one attached hydrogen (secondary N) is 2. The van der Waals surface area contributed by atoms with Gasteiger partial charge in [-0.3, -0.25) is 9.59 Å². The summed E-state index contributed by atoms with van der Waals surface area (Å²) in [5.74, 6) is -0.632. The van der Waals surface area contributed by atoms with E-state index in [1.165, 1.54) is 44.8 Å². The van der Waals surface area contributed by atoms with Crippen LogP contribution in [-0.2, 0) is 27.6 Å². The number of amides is 3. The van der Waals surface area contributed by atoms with Gasteiger partial charge in [0.25, 0.3) is 11.8 Å². The molecule has 0 radical (unpaired) electrons. The molecule has 3 amide bonds. The molecule has 1 saturated heterocycles. The minimum atomic E-state index is -3.78. The summed E-state index contributed by atoms with van der Waals surface area (Å²) in [6.45, 7) is 2.80. The van der Waals surface area contributed by atoms with Crippen LogP contribution in [0.15, 0.2) is 29.2 Å². The van der Waals surface area contributed by atoms with Crippen molar-refractivity contribution in [2.45, 2.75) is 43.9 Å². The molecule has 0 atom stereocenters. The maximum absolute atomic E-state index is 13.1. The fourth-order valence-electron chi connectivity index (χ4n) is 4.62. The van der Waals surface area contributed by atoms with Gasteiger partial charge in [0.15, 0.2) is 0 Å². The van der Waals surface area contributed by atoms with E-state index >= 15 is 0 Å². The lowest BCUT2D eigenvalue weighted by Gasteiger charge is -2.33. The first-order valence-corrected chi connectivity index (χ1v) is 14.7. The van der Waals surface area contributed by atoms with Gasteiger partial charge in [-0.1, -0.05) is 6.42 Å². The molecule has 12 heteroatoms. The number of anilines is 1. The van der Waals surface area contributed by atoms with E-state index in [2.05, 4.69) is 10.6 Å². The summed E-state index contributed by atoms with van der Waals surface area (Å²) in [6.07, 6.45) is 4.44. The van der Waals surface area contributed by atoms with Crippen LogP contribution in [-0.4, -0.2) is 75.4 Å². The molecule has 1 aromatic carbocycles. The number of fused-ring (bicyclic) bond motifs is 1. The first kappa shape index (κ1) is 27.1. The molecule has 2 N–H and O–H groups in total. The predicted octanol–water partition coefficient (Wildman–Crippen LogP) is 3.09. The Morgan fingerprint density at radius 1 is 0.973 bits per heavy atom. The number of carbonyl (C=O) groups excluding carboxylic acids is 3. The first-order chi connectivity index (χ1) is 17.8.